The van der Waals surface area contributed by atoms with Crippen LogP contribution in [0.15, 0.2) is 36.6 Å². The van der Waals surface area contributed by atoms with Gasteiger partial charge in [0.1, 0.15) is 0 Å². The van der Waals surface area contributed by atoms with Gasteiger partial charge in [-0.15, -0.1) is 0 Å². The smallest absolute Gasteiger partial charge is 0.226 e. The summed E-state index contributed by atoms with van der Waals surface area (Å²) in [6.07, 6.45) is 7.12. The van der Waals surface area contributed by atoms with E-state index in [9.17, 15) is 4.79 Å². The predicted molar refractivity (Wildman–Crippen MR) is 56.1 cm³/mol. The van der Waals surface area contributed by atoms with Crippen LogP contribution < -0.4 is 5.32 Å². The molecule has 2 heteroatoms. The van der Waals surface area contributed by atoms with Crippen molar-refractivity contribution < 1.29 is 4.79 Å². The minimum atomic E-state index is 0.00656. The highest BCUT2D eigenvalue weighted by atomic mass is 16.1. The van der Waals surface area contributed by atoms with Gasteiger partial charge in [-0.2, -0.15) is 0 Å². The molecule has 0 radical (unpaired) electrons. The molecule has 72 valence electrons. The van der Waals surface area contributed by atoms with Gasteiger partial charge in [-0.25, -0.2) is 0 Å². The van der Waals surface area contributed by atoms with Gasteiger partial charge < -0.3 is 5.32 Å². The Labute approximate surface area is 80.0 Å². The summed E-state index contributed by atoms with van der Waals surface area (Å²) in [4.78, 5) is 11.3. The first-order valence-corrected chi connectivity index (χ1v) is 4.38. The van der Waals surface area contributed by atoms with E-state index >= 15 is 0 Å². The quantitative estimate of drug-likeness (QED) is 0.660. The van der Waals surface area contributed by atoms with Crippen LogP contribution in [0.1, 0.15) is 20.8 Å². The molecule has 0 spiro atoms. The molecule has 13 heavy (non-hydrogen) atoms. The molecule has 0 aromatic carbocycles. The molecule has 0 saturated carbocycles. The normalized spacial score (nSPS) is 12.2. The molecule has 1 amide bonds. The Morgan fingerprint density at radius 3 is 2.46 bits per heavy atom. The van der Waals surface area contributed by atoms with Crippen LogP contribution in [0, 0.1) is 5.92 Å². The maximum Gasteiger partial charge on any atom is 0.226 e. The second kappa shape index (κ2) is 6.23. The lowest BCUT2D eigenvalue weighted by atomic mass is 10.2. The summed E-state index contributed by atoms with van der Waals surface area (Å²) in [5.41, 5.74) is 0.804. The van der Waals surface area contributed by atoms with Crippen molar-refractivity contribution in [2.24, 2.45) is 5.92 Å². The summed E-state index contributed by atoms with van der Waals surface area (Å²) in [5.74, 6) is 0.0360. The summed E-state index contributed by atoms with van der Waals surface area (Å²) in [6, 6.07) is 0. The van der Waals surface area contributed by atoms with Crippen LogP contribution in [0.25, 0.3) is 0 Å². The maximum absolute atomic E-state index is 11.3. The van der Waals surface area contributed by atoms with Gasteiger partial charge in [0.25, 0.3) is 0 Å². The average Bonchev–Trinajstić information content (AvgIpc) is 2.11. The van der Waals surface area contributed by atoms with Crippen LogP contribution in [0.3, 0.4) is 0 Å². The lowest BCUT2D eigenvalue weighted by Crippen LogP contribution is -2.26. The molecule has 0 fully saturated rings. The number of carbonyl (C=O) groups excluding carboxylic acids is 1. The van der Waals surface area contributed by atoms with E-state index < -0.39 is 0 Å². The number of carbonyl (C=O) groups is 1. The van der Waals surface area contributed by atoms with Crippen LogP contribution >= 0.6 is 0 Å². The van der Waals surface area contributed by atoms with Gasteiger partial charge in [-0.1, -0.05) is 38.7 Å². The number of hydrogen-bond acceptors (Lipinski definition) is 1. The fraction of sp³-hybridized carbons (Fsp3) is 0.364. The van der Waals surface area contributed by atoms with E-state index in [1.54, 1.807) is 12.2 Å². The zero-order valence-electron chi connectivity index (χ0n) is 8.50. The highest BCUT2D eigenvalue weighted by molar-refractivity contribution is 5.80. The highest BCUT2D eigenvalue weighted by Crippen LogP contribution is 1.97. The molecule has 0 saturated heterocycles. The molecule has 0 aromatic heterocycles. The molecule has 0 atom stereocenters. The summed E-state index contributed by atoms with van der Waals surface area (Å²) in [6.45, 7) is 9.15. The Bertz CT molecular complexity index is 236. The summed E-state index contributed by atoms with van der Waals surface area (Å²) in [5, 5.41) is 2.79. The first-order chi connectivity index (χ1) is 6.11. The summed E-state index contributed by atoms with van der Waals surface area (Å²) < 4.78 is 0. The molecule has 0 aliphatic rings. The SMILES string of the molecule is C=C/C=C\C(=C/C)NC(=O)C(C)C. The molecule has 0 aliphatic carbocycles. The Balaban J connectivity index is 4.23. The third-order valence-electron chi connectivity index (χ3n) is 1.51. The van der Waals surface area contributed by atoms with Gasteiger partial charge in [0.05, 0.1) is 0 Å². The van der Waals surface area contributed by atoms with E-state index in [0.717, 1.165) is 5.70 Å². The fourth-order valence-corrected chi connectivity index (χ4v) is 0.668. The molecule has 0 heterocycles. The molecular weight excluding hydrogens is 162 g/mol. The number of amides is 1. The van der Waals surface area contributed by atoms with Crippen LogP contribution in [-0.2, 0) is 4.79 Å². The first kappa shape index (κ1) is 11.7. The molecule has 0 rings (SSSR count). The lowest BCUT2D eigenvalue weighted by molar-refractivity contribution is -0.123. The number of hydrogen-bond donors (Lipinski definition) is 1. The molecular formula is C11H17NO. The Morgan fingerprint density at radius 1 is 1.46 bits per heavy atom. The second-order valence-electron chi connectivity index (χ2n) is 2.98. The number of allylic oxidation sites excluding steroid dienone is 4. The van der Waals surface area contributed by atoms with Crippen molar-refractivity contribution in [3.8, 4) is 0 Å². The predicted octanol–water partition coefficient (Wildman–Crippen LogP) is 2.40. The Kier molecular flexibility index (Phi) is 5.60. The topological polar surface area (TPSA) is 29.1 Å². The lowest BCUT2D eigenvalue weighted by Gasteiger charge is -2.07. The minimum absolute atomic E-state index is 0.00656. The zero-order chi connectivity index (χ0) is 10.3. The zero-order valence-corrected chi connectivity index (χ0v) is 8.50. The van der Waals surface area contributed by atoms with Gasteiger partial charge in [0.2, 0.25) is 5.91 Å². The fourth-order valence-electron chi connectivity index (χ4n) is 0.668. The minimum Gasteiger partial charge on any atom is -0.326 e. The van der Waals surface area contributed by atoms with Gasteiger partial charge in [-0.3, -0.25) is 4.79 Å². The van der Waals surface area contributed by atoms with Gasteiger partial charge in [-0.05, 0) is 13.0 Å². The van der Waals surface area contributed by atoms with Crippen LogP contribution in [-0.4, -0.2) is 5.91 Å². The van der Waals surface area contributed by atoms with Gasteiger partial charge >= 0.3 is 0 Å². The third-order valence-corrected chi connectivity index (χ3v) is 1.51. The summed E-state index contributed by atoms with van der Waals surface area (Å²) in [7, 11) is 0. The van der Waals surface area contributed by atoms with Crippen molar-refractivity contribution in [2.45, 2.75) is 20.8 Å². The third kappa shape index (κ3) is 5.01. The Morgan fingerprint density at radius 2 is 2.08 bits per heavy atom. The standard InChI is InChI=1S/C11H17NO/c1-5-7-8-10(6-2)12-11(13)9(3)4/h5-9H,1H2,2-4H3,(H,12,13)/b8-7-,10-6+. The van der Waals surface area contributed by atoms with E-state index in [2.05, 4.69) is 11.9 Å². The summed E-state index contributed by atoms with van der Waals surface area (Å²) >= 11 is 0. The monoisotopic (exact) mass is 179 g/mol. The van der Waals surface area contributed by atoms with Gasteiger partial charge in [0.15, 0.2) is 0 Å². The number of nitrogens with one attached hydrogen (secondary N) is 1. The van der Waals surface area contributed by atoms with Crippen molar-refractivity contribution in [1.82, 2.24) is 5.32 Å². The van der Waals surface area contributed by atoms with Crippen molar-refractivity contribution >= 4 is 5.91 Å². The van der Waals surface area contributed by atoms with E-state index in [0.29, 0.717) is 0 Å². The van der Waals surface area contributed by atoms with Crippen molar-refractivity contribution in [2.75, 3.05) is 0 Å². The van der Waals surface area contributed by atoms with Crippen molar-refractivity contribution in [1.29, 1.82) is 0 Å². The first-order valence-electron chi connectivity index (χ1n) is 4.38. The molecule has 2 nitrogen and oxygen atoms in total. The highest BCUT2D eigenvalue weighted by Gasteiger charge is 2.05. The molecule has 0 aromatic rings. The maximum atomic E-state index is 11.3. The van der Waals surface area contributed by atoms with Crippen molar-refractivity contribution in [3.63, 3.8) is 0 Å². The van der Waals surface area contributed by atoms with E-state index in [-0.39, 0.29) is 11.8 Å². The van der Waals surface area contributed by atoms with Gasteiger partial charge in [0, 0.05) is 11.6 Å². The van der Waals surface area contributed by atoms with Crippen molar-refractivity contribution in [3.05, 3.63) is 36.6 Å². The van der Waals surface area contributed by atoms with E-state index in [1.807, 2.05) is 32.9 Å². The average molecular weight is 179 g/mol. The van der Waals surface area contributed by atoms with Crippen LogP contribution in [0.4, 0.5) is 0 Å². The second-order valence-corrected chi connectivity index (χ2v) is 2.98. The Hall–Kier alpha value is -1.31. The molecule has 1 N–H and O–H groups in total. The largest absolute Gasteiger partial charge is 0.326 e. The van der Waals surface area contributed by atoms with E-state index in [1.165, 1.54) is 0 Å². The molecule has 0 bridgehead atoms. The molecule has 0 unspecified atom stereocenters. The van der Waals surface area contributed by atoms with Crippen LogP contribution in [0.2, 0.25) is 0 Å². The number of rotatable bonds is 4. The molecule has 0 aliphatic heterocycles. The van der Waals surface area contributed by atoms with E-state index in [4.69, 9.17) is 0 Å². The van der Waals surface area contributed by atoms with Crippen LogP contribution in [0.5, 0.6) is 0 Å².